The number of nitriles is 1. The zero-order valence-corrected chi connectivity index (χ0v) is 10.4. The van der Waals surface area contributed by atoms with Crippen LogP contribution in [0.4, 0.5) is 4.39 Å². The van der Waals surface area contributed by atoms with Crippen LogP contribution in [0.3, 0.4) is 0 Å². The maximum absolute atomic E-state index is 12.9. The Morgan fingerprint density at radius 2 is 2.16 bits per heavy atom. The fraction of sp³-hybridized carbons (Fsp3) is 0.286. The van der Waals surface area contributed by atoms with Crippen LogP contribution in [-0.2, 0) is 6.54 Å². The predicted molar refractivity (Wildman–Crippen MR) is 66.8 cm³/mol. The quantitative estimate of drug-likeness (QED) is 0.789. The number of hydrogen-bond acceptors (Lipinski definition) is 3. The highest BCUT2D eigenvalue weighted by molar-refractivity contribution is 5.60. The molecule has 1 aromatic carbocycles. The Morgan fingerprint density at radius 1 is 1.42 bits per heavy atom. The Bertz CT molecular complexity index is 656. The average molecular weight is 257 g/mol. The van der Waals surface area contributed by atoms with Crippen molar-refractivity contribution in [3.05, 3.63) is 36.1 Å². The summed E-state index contributed by atoms with van der Waals surface area (Å²) >= 11 is 0. The fourth-order valence-corrected chi connectivity index (χ4v) is 2.07. The maximum atomic E-state index is 12.9. The summed E-state index contributed by atoms with van der Waals surface area (Å²) < 4.78 is 20.1. The van der Waals surface area contributed by atoms with E-state index in [0.717, 1.165) is 11.3 Å². The second-order valence-corrected chi connectivity index (χ2v) is 4.99. The highest BCUT2D eigenvalue weighted by Crippen LogP contribution is 2.31. The van der Waals surface area contributed by atoms with Crippen LogP contribution in [0.1, 0.15) is 6.92 Å². The van der Waals surface area contributed by atoms with Crippen molar-refractivity contribution in [1.29, 1.82) is 5.26 Å². The summed E-state index contributed by atoms with van der Waals surface area (Å²) in [6.07, 6.45) is 0. The zero-order valence-electron chi connectivity index (χ0n) is 10.4. The van der Waals surface area contributed by atoms with E-state index in [9.17, 15) is 4.39 Å². The third-order valence-corrected chi connectivity index (χ3v) is 3.19. The molecular weight excluding hydrogens is 245 g/mol. The molecule has 0 saturated carbocycles. The highest BCUT2D eigenvalue weighted by Gasteiger charge is 2.32. The number of rotatable bonds is 1. The second-order valence-electron chi connectivity index (χ2n) is 4.99. The smallest absolute Gasteiger partial charge is 0.212 e. The van der Waals surface area contributed by atoms with Crippen LogP contribution in [0.25, 0.3) is 11.3 Å². The van der Waals surface area contributed by atoms with Gasteiger partial charge in [0.1, 0.15) is 17.8 Å². The van der Waals surface area contributed by atoms with Crippen molar-refractivity contribution in [3.63, 3.8) is 0 Å². The normalized spacial score (nSPS) is 21.3. The van der Waals surface area contributed by atoms with Gasteiger partial charge in [0.15, 0.2) is 0 Å². The van der Waals surface area contributed by atoms with E-state index in [2.05, 4.69) is 11.2 Å². The minimum atomic E-state index is -0.556. The lowest BCUT2D eigenvalue weighted by atomic mass is 9.93. The molecular formula is C14H12FN3O. The van der Waals surface area contributed by atoms with Crippen LogP contribution in [0.15, 0.2) is 30.3 Å². The Morgan fingerprint density at radius 3 is 2.84 bits per heavy atom. The standard InChI is InChI=1S/C14H12FN3O/c1-14(7-16)8-18-13(19-9-14)6-12(17-18)10-2-4-11(15)5-3-10/h2-6H,8-9H2,1H3. The van der Waals surface area contributed by atoms with Gasteiger partial charge in [-0.25, -0.2) is 9.07 Å². The van der Waals surface area contributed by atoms with Crippen molar-refractivity contribution in [3.8, 4) is 23.2 Å². The van der Waals surface area contributed by atoms with Crippen LogP contribution in [0.5, 0.6) is 5.88 Å². The molecule has 0 saturated heterocycles. The van der Waals surface area contributed by atoms with Crippen LogP contribution in [0, 0.1) is 22.6 Å². The zero-order chi connectivity index (χ0) is 13.5. The summed E-state index contributed by atoms with van der Waals surface area (Å²) in [5, 5.41) is 13.5. The van der Waals surface area contributed by atoms with Gasteiger partial charge in [-0.2, -0.15) is 10.4 Å². The molecule has 2 aromatic rings. The third kappa shape index (κ3) is 2.06. The predicted octanol–water partition coefficient (Wildman–Crippen LogP) is 2.61. The van der Waals surface area contributed by atoms with Gasteiger partial charge in [0.2, 0.25) is 5.88 Å². The van der Waals surface area contributed by atoms with Crippen molar-refractivity contribution in [1.82, 2.24) is 9.78 Å². The molecule has 0 radical (unpaired) electrons. The molecule has 3 rings (SSSR count). The van der Waals surface area contributed by atoms with Gasteiger partial charge in [-0.15, -0.1) is 0 Å². The van der Waals surface area contributed by atoms with Crippen LogP contribution < -0.4 is 4.74 Å². The summed E-state index contributed by atoms with van der Waals surface area (Å²) in [4.78, 5) is 0. The van der Waals surface area contributed by atoms with Gasteiger partial charge in [-0.05, 0) is 31.2 Å². The molecule has 4 nitrogen and oxygen atoms in total. The van der Waals surface area contributed by atoms with Crippen LogP contribution in [0.2, 0.25) is 0 Å². The highest BCUT2D eigenvalue weighted by atomic mass is 19.1. The Balaban J connectivity index is 1.96. The molecule has 0 fully saturated rings. The molecule has 1 aromatic heterocycles. The second kappa shape index (κ2) is 4.09. The monoisotopic (exact) mass is 257 g/mol. The van der Waals surface area contributed by atoms with Gasteiger partial charge < -0.3 is 4.74 Å². The number of fused-ring (bicyclic) bond motifs is 1. The SMILES string of the molecule is CC1(C#N)COc2cc(-c3ccc(F)cc3)nn2C1. The topological polar surface area (TPSA) is 50.8 Å². The van der Waals surface area contributed by atoms with Gasteiger partial charge >= 0.3 is 0 Å². The Kier molecular flexibility index (Phi) is 2.53. The van der Waals surface area contributed by atoms with Crippen molar-refractivity contribution in [2.45, 2.75) is 13.5 Å². The van der Waals surface area contributed by atoms with E-state index in [0.29, 0.717) is 19.0 Å². The first kappa shape index (κ1) is 11.7. The van der Waals surface area contributed by atoms with Gasteiger partial charge in [-0.1, -0.05) is 0 Å². The number of aromatic nitrogens is 2. The number of benzene rings is 1. The van der Waals surface area contributed by atoms with Gasteiger partial charge in [-0.3, -0.25) is 0 Å². The van der Waals surface area contributed by atoms with Gasteiger partial charge in [0, 0.05) is 11.6 Å². The van der Waals surface area contributed by atoms with Crippen molar-refractivity contribution in [2.75, 3.05) is 6.61 Å². The van der Waals surface area contributed by atoms with E-state index in [-0.39, 0.29) is 5.82 Å². The Hall–Kier alpha value is -2.35. The molecule has 0 spiro atoms. The lowest BCUT2D eigenvalue weighted by Gasteiger charge is -2.27. The summed E-state index contributed by atoms with van der Waals surface area (Å²) in [6, 6.07) is 10.2. The molecule has 1 aliphatic heterocycles. The summed E-state index contributed by atoms with van der Waals surface area (Å²) in [5.74, 6) is 0.369. The van der Waals surface area contributed by atoms with Gasteiger partial charge in [0.05, 0.1) is 18.3 Å². The number of nitrogens with zero attached hydrogens (tertiary/aromatic N) is 3. The molecule has 1 atom stereocenters. The molecule has 0 N–H and O–H groups in total. The first-order chi connectivity index (χ1) is 9.09. The Labute approximate surface area is 110 Å². The van der Waals surface area contributed by atoms with Crippen molar-refractivity contribution >= 4 is 0 Å². The first-order valence-electron chi connectivity index (χ1n) is 5.97. The fourth-order valence-electron chi connectivity index (χ4n) is 2.07. The molecule has 0 bridgehead atoms. The van der Waals surface area contributed by atoms with Crippen molar-refractivity contribution in [2.24, 2.45) is 5.41 Å². The van der Waals surface area contributed by atoms with E-state index < -0.39 is 5.41 Å². The number of halogens is 1. The number of ether oxygens (including phenoxy) is 1. The van der Waals surface area contributed by atoms with Crippen molar-refractivity contribution < 1.29 is 9.13 Å². The summed E-state index contributed by atoms with van der Waals surface area (Å²) in [5.41, 5.74) is 0.988. The minimum absolute atomic E-state index is 0.277. The molecule has 1 unspecified atom stereocenters. The first-order valence-corrected chi connectivity index (χ1v) is 5.97. The molecule has 2 heterocycles. The molecule has 96 valence electrons. The lowest BCUT2D eigenvalue weighted by Crippen LogP contribution is -2.34. The van der Waals surface area contributed by atoms with E-state index in [1.54, 1.807) is 16.8 Å². The molecule has 5 heteroatoms. The van der Waals surface area contributed by atoms with E-state index in [4.69, 9.17) is 10.00 Å². The van der Waals surface area contributed by atoms with Crippen LogP contribution >= 0.6 is 0 Å². The van der Waals surface area contributed by atoms with Crippen LogP contribution in [-0.4, -0.2) is 16.4 Å². The molecule has 1 aliphatic rings. The third-order valence-electron chi connectivity index (χ3n) is 3.19. The molecule has 19 heavy (non-hydrogen) atoms. The van der Waals surface area contributed by atoms with Gasteiger partial charge in [0.25, 0.3) is 0 Å². The minimum Gasteiger partial charge on any atom is -0.476 e. The molecule has 0 aliphatic carbocycles. The largest absolute Gasteiger partial charge is 0.476 e. The molecule has 0 amide bonds. The van der Waals surface area contributed by atoms with E-state index in [1.165, 1.54) is 12.1 Å². The average Bonchev–Trinajstić information content (AvgIpc) is 2.82. The maximum Gasteiger partial charge on any atom is 0.212 e. The summed E-state index contributed by atoms with van der Waals surface area (Å²) in [7, 11) is 0. The summed E-state index contributed by atoms with van der Waals surface area (Å²) in [6.45, 7) is 2.70. The lowest BCUT2D eigenvalue weighted by molar-refractivity contribution is 0.129. The number of hydrogen-bond donors (Lipinski definition) is 0. The van der Waals surface area contributed by atoms with E-state index in [1.807, 2.05) is 13.0 Å². The van der Waals surface area contributed by atoms with E-state index >= 15 is 0 Å².